The van der Waals surface area contributed by atoms with Crippen LogP contribution in [0.4, 0.5) is 4.79 Å². The van der Waals surface area contributed by atoms with Gasteiger partial charge in [-0.3, -0.25) is 4.90 Å². The second kappa shape index (κ2) is 10.1. The van der Waals surface area contributed by atoms with Gasteiger partial charge in [0.1, 0.15) is 19.0 Å². The number of nitrogens with zero attached hydrogens (tertiary/aromatic N) is 1. The molecular formula is C35H31NO3. The lowest BCUT2D eigenvalue weighted by Crippen LogP contribution is -2.43. The fraction of sp³-hybridized carbons (Fsp3) is 0.229. The highest BCUT2D eigenvalue weighted by Crippen LogP contribution is 2.45. The van der Waals surface area contributed by atoms with Crippen LogP contribution < -0.4 is 4.74 Å². The van der Waals surface area contributed by atoms with E-state index in [9.17, 15) is 4.79 Å². The van der Waals surface area contributed by atoms with E-state index in [2.05, 4.69) is 78.9 Å². The SMILES string of the molecule is O=C(OCC1c2ccccc2-c2ccccc21)N1C2C=C(c3ccccc3OCc3ccccc3)CC1CC2. The van der Waals surface area contributed by atoms with Crippen LogP contribution in [-0.2, 0) is 11.3 Å². The van der Waals surface area contributed by atoms with Gasteiger partial charge in [-0.25, -0.2) is 4.79 Å². The minimum atomic E-state index is -0.201. The Balaban J connectivity index is 1.07. The predicted octanol–water partition coefficient (Wildman–Crippen LogP) is 7.83. The molecule has 0 spiro atoms. The number of hydrogen-bond donors (Lipinski definition) is 0. The summed E-state index contributed by atoms with van der Waals surface area (Å²) in [5.41, 5.74) is 8.49. The highest BCUT2D eigenvalue weighted by atomic mass is 16.6. The van der Waals surface area contributed by atoms with Crippen molar-refractivity contribution < 1.29 is 14.3 Å². The summed E-state index contributed by atoms with van der Waals surface area (Å²) in [4.78, 5) is 15.4. The number of carbonyl (C=O) groups is 1. The normalized spacial score (nSPS) is 19.3. The maximum absolute atomic E-state index is 13.5. The van der Waals surface area contributed by atoms with E-state index in [-0.39, 0.29) is 24.1 Å². The molecule has 2 heterocycles. The maximum atomic E-state index is 13.5. The van der Waals surface area contributed by atoms with Gasteiger partial charge in [-0.15, -0.1) is 0 Å². The summed E-state index contributed by atoms with van der Waals surface area (Å²) in [7, 11) is 0. The molecule has 2 bridgehead atoms. The van der Waals surface area contributed by atoms with Gasteiger partial charge in [-0.1, -0.05) is 103 Å². The van der Waals surface area contributed by atoms with E-state index in [1.807, 2.05) is 35.2 Å². The number of ether oxygens (including phenoxy) is 2. The molecule has 39 heavy (non-hydrogen) atoms. The average Bonchev–Trinajstić information content (AvgIpc) is 3.45. The molecule has 1 fully saturated rings. The second-order valence-corrected chi connectivity index (χ2v) is 10.7. The molecule has 1 amide bonds. The quantitative estimate of drug-likeness (QED) is 0.264. The second-order valence-electron chi connectivity index (χ2n) is 10.7. The first-order chi connectivity index (χ1) is 19.3. The molecule has 2 unspecified atom stereocenters. The highest BCUT2D eigenvalue weighted by molar-refractivity contribution is 5.80. The van der Waals surface area contributed by atoms with Crippen molar-refractivity contribution in [1.29, 1.82) is 0 Å². The molecule has 1 saturated heterocycles. The van der Waals surface area contributed by atoms with Crippen LogP contribution in [0.3, 0.4) is 0 Å². The summed E-state index contributed by atoms with van der Waals surface area (Å²) >= 11 is 0. The van der Waals surface area contributed by atoms with Crippen LogP contribution in [0.15, 0.2) is 109 Å². The van der Waals surface area contributed by atoms with Crippen LogP contribution >= 0.6 is 0 Å². The number of para-hydroxylation sites is 1. The Bertz CT molecular complexity index is 1500. The molecule has 0 aromatic heterocycles. The first-order valence-electron chi connectivity index (χ1n) is 13.9. The number of rotatable bonds is 6. The van der Waals surface area contributed by atoms with Gasteiger partial charge in [0.05, 0.1) is 6.04 Å². The molecule has 7 rings (SSSR count). The summed E-state index contributed by atoms with van der Waals surface area (Å²) in [6.45, 7) is 0.888. The van der Waals surface area contributed by atoms with Crippen LogP contribution in [0.25, 0.3) is 16.7 Å². The van der Waals surface area contributed by atoms with Crippen LogP contribution in [0.5, 0.6) is 5.75 Å². The topological polar surface area (TPSA) is 38.8 Å². The molecule has 0 radical (unpaired) electrons. The zero-order valence-electron chi connectivity index (χ0n) is 21.8. The lowest BCUT2D eigenvalue weighted by molar-refractivity contribution is 0.0866. The number of amides is 1. The molecule has 4 nitrogen and oxygen atoms in total. The first-order valence-corrected chi connectivity index (χ1v) is 13.9. The van der Waals surface area contributed by atoms with E-state index in [0.29, 0.717) is 13.2 Å². The highest BCUT2D eigenvalue weighted by Gasteiger charge is 2.41. The largest absolute Gasteiger partial charge is 0.488 e. The van der Waals surface area contributed by atoms with E-state index in [0.717, 1.165) is 36.1 Å². The standard InChI is InChI=1S/C35H31NO3/c37-35(39-23-33-31-15-6-4-13-29(31)30-14-5-7-16-32(30)33)36-26-18-19-27(36)21-25(20-26)28-12-8-9-17-34(28)38-22-24-10-2-1-3-11-24/h1-17,20,26-27,33H,18-19,21-23H2. The molecule has 194 valence electrons. The molecule has 3 aliphatic rings. The predicted molar refractivity (Wildman–Crippen MR) is 154 cm³/mol. The average molecular weight is 514 g/mol. The molecule has 0 N–H and O–H groups in total. The Morgan fingerprint density at radius 3 is 2.10 bits per heavy atom. The Morgan fingerprint density at radius 1 is 0.744 bits per heavy atom. The zero-order valence-corrected chi connectivity index (χ0v) is 21.8. The van der Waals surface area contributed by atoms with Crippen molar-refractivity contribution in [2.45, 2.75) is 43.9 Å². The molecular weight excluding hydrogens is 482 g/mol. The lowest BCUT2D eigenvalue weighted by atomic mass is 9.94. The smallest absolute Gasteiger partial charge is 0.410 e. The third-order valence-corrected chi connectivity index (χ3v) is 8.41. The van der Waals surface area contributed by atoms with E-state index >= 15 is 0 Å². The van der Waals surface area contributed by atoms with Crippen LogP contribution in [0, 0.1) is 0 Å². The van der Waals surface area contributed by atoms with Crippen LogP contribution in [0.2, 0.25) is 0 Å². The van der Waals surface area contributed by atoms with E-state index in [1.165, 1.54) is 27.8 Å². The van der Waals surface area contributed by atoms with Crippen molar-refractivity contribution in [3.63, 3.8) is 0 Å². The van der Waals surface area contributed by atoms with Gasteiger partial charge in [0.25, 0.3) is 0 Å². The van der Waals surface area contributed by atoms with Gasteiger partial charge in [0, 0.05) is 17.5 Å². The van der Waals surface area contributed by atoms with Gasteiger partial charge in [-0.2, -0.15) is 0 Å². The molecule has 2 aliphatic heterocycles. The first kappa shape index (κ1) is 23.8. The zero-order chi connectivity index (χ0) is 26.2. The van der Waals surface area contributed by atoms with Crippen molar-refractivity contribution in [3.05, 3.63) is 131 Å². The van der Waals surface area contributed by atoms with Crippen LogP contribution in [-0.4, -0.2) is 29.7 Å². The third-order valence-electron chi connectivity index (χ3n) is 8.41. The summed E-state index contributed by atoms with van der Waals surface area (Å²) in [6.07, 6.45) is 4.82. The fourth-order valence-corrected chi connectivity index (χ4v) is 6.58. The number of benzene rings is 4. The molecule has 1 aliphatic carbocycles. The van der Waals surface area contributed by atoms with Gasteiger partial charge >= 0.3 is 6.09 Å². The van der Waals surface area contributed by atoms with Crippen molar-refractivity contribution >= 4 is 11.7 Å². The van der Waals surface area contributed by atoms with Gasteiger partial charge in [0.15, 0.2) is 0 Å². The van der Waals surface area contributed by atoms with Crippen molar-refractivity contribution in [2.24, 2.45) is 0 Å². The molecule has 4 heteroatoms. The summed E-state index contributed by atoms with van der Waals surface area (Å²) in [5.74, 6) is 0.963. The number of carbonyl (C=O) groups excluding carboxylic acids is 1. The van der Waals surface area contributed by atoms with E-state index < -0.39 is 0 Å². The Hall–Kier alpha value is -4.31. The molecule has 0 saturated carbocycles. The van der Waals surface area contributed by atoms with Gasteiger partial charge in [-0.05, 0) is 58.7 Å². The van der Waals surface area contributed by atoms with Gasteiger partial charge in [0.2, 0.25) is 0 Å². The number of fused-ring (bicyclic) bond motifs is 5. The minimum Gasteiger partial charge on any atom is -0.488 e. The monoisotopic (exact) mass is 513 g/mol. The molecule has 4 aromatic carbocycles. The molecule has 2 atom stereocenters. The number of hydrogen-bond acceptors (Lipinski definition) is 3. The van der Waals surface area contributed by atoms with Gasteiger partial charge < -0.3 is 9.47 Å². The lowest BCUT2D eigenvalue weighted by Gasteiger charge is -2.34. The van der Waals surface area contributed by atoms with E-state index in [1.54, 1.807) is 0 Å². The van der Waals surface area contributed by atoms with Crippen molar-refractivity contribution in [3.8, 4) is 16.9 Å². The fourth-order valence-electron chi connectivity index (χ4n) is 6.58. The Labute approximate surface area is 229 Å². The van der Waals surface area contributed by atoms with Crippen LogP contribution in [0.1, 0.15) is 47.4 Å². The maximum Gasteiger partial charge on any atom is 0.410 e. The Kier molecular flexibility index (Phi) is 6.16. The van der Waals surface area contributed by atoms with E-state index in [4.69, 9.17) is 9.47 Å². The summed E-state index contributed by atoms with van der Waals surface area (Å²) in [5, 5.41) is 0. The van der Waals surface area contributed by atoms with Crippen molar-refractivity contribution in [1.82, 2.24) is 4.90 Å². The summed E-state index contributed by atoms with van der Waals surface area (Å²) < 4.78 is 12.3. The van der Waals surface area contributed by atoms with Crippen molar-refractivity contribution in [2.75, 3.05) is 6.61 Å². The Morgan fingerprint density at radius 2 is 1.38 bits per heavy atom. The third kappa shape index (κ3) is 4.40. The summed E-state index contributed by atoms with van der Waals surface area (Å²) in [6, 6.07) is 35.6. The minimum absolute atomic E-state index is 0.0524. The molecule has 4 aromatic rings.